The molecule has 2 aromatic heterocycles. The number of rotatable bonds is 5. The number of nitrogens with zero attached hydrogens (tertiary/aromatic N) is 2. The topological polar surface area (TPSA) is 95.3 Å². The Kier molecular flexibility index (Phi) is 3.96. The number of hydrogen-bond donors (Lipinski definition) is 3. The van der Waals surface area contributed by atoms with Crippen molar-refractivity contribution in [2.75, 3.05) is 5.32 Å². The molecule has 0 saturated carbocycles. The Balaban J connectivity index is 2.39. The highest BCUT2D eigenvalue weighted by atomic mass is 32.1. The van der Waals surface area contributed by atoms with Gasteiger partial charge in [0.15, 0.2) is 6.04 Å². The molecule has 0 aliphatic rings. The molecular formula is C12H15N3O3S. The predicted octanol–water partition coefficient (Wildman–Crippen LogP) is 1.50. The number of aromatic nitrogens is 2. The second kappa shape index (κ2) is 5.50. The van der Waals surface area contributed by atoms with Crippen molar-refractivity contribution < 1.29 is 15.0 Å². The zero-order valence-corrected chi connectivity index (χ0v) is 11.4. The van der Waals surface area contributed by atoms with E-state index >= 15 is 0 Å². The number of fused-ring (bicyclic) bond motifs is 1. The summed E-state index contributed by atoms with van der Waals surface area (Å²) in [6.07, 6.45) is 1.26. The first-order valence-corrected chi connectivity index (χ1v) is 6.75. The van der Waals surface area contributed by atoms with Gasteiger partial charge in [0.05, 0.1) is 11.5 Å². The maximum Gasteiger partial charge on any atom is 0.328 e. The molecule has 2 atom stereocenters. The van der Waals surface area contributed by atoms with Crippen molar-refractivity contribution >= 4 is 33.3 Å². The van der Waals surface area contributed by atoms with E-state index in [1.54, 1.807) is 11.3 Å². The average Bonchev–Trinajstić information content (AvgIpc) is 2.78. The number of aliphatic hydroxyl groups is 1. The van der Waals surface area contributed by atoms with Crippen LogP contribution in [0.2, 0.25) is 0 Å². The summed E-state index contributed by atoms with van der Waals surface area (Å²) in [7, 11) is 0. The number of carbonyl (C=O) groups is 1. The number of aliphatic carboxylic acids is 1. The summed E-state index contributed by atoms with van der Waals surface area (Å²) in [4.78, 5) is 21.3. The molecule has 0 aliphatic heterocycles. The van der Waals surface area contributed by atoms with Gasteiger partial charge in [-0.05, 0) is 19.4 Å². The Morgan fingerprint density at radius 2 is 2.26 bits per heavy atom. The predicted molar refractivity (Wildman–Crippen MR) is 73.5 cm³/mol. The van der Waals surface area contributed by atoms with Crippen LogP contribution in [0.3, 0.4) is 0 Å². The van der Waals surface area contributed by atoms with E-state index in [1.165, 1.54) is 13.3 Å². The summed E-state index contributed by atoms with van der Waals surface area (Å²) in [5, 5.41) is 22.1. The zero-order valence-electron chi connectivity index (χ0n) is 10.6. The third-order valence-corrected chi connectivity index (χ3v) is 3.96. The van der Waals surface area contributed by atoms with Crippen LogP contribution in [0.4, 0.5) is 5.82 Å². The molecule has 0 saturated heterocycles. The van der Waals surface area contributed by atoms with E-state index in [9.17, 15) is 9.90 Å². The lowest BCUT2D eigenvalue weighted by molar-refractivity contribution is -0.140. The van der Waals surface area contributed by atoms with Gasteiger partial charge in [0.1, 0.15) is 17.0 Å². The van der Waals surface area contributed by atoms with Gasteiger partial charge in [-0.3, -0.25) is 0 Å². The lowest BCUT2D eigenvalue weighted by Gasteiger charge is -2.17. The SMILES string of the molecule is CCc1cc2c(N[C@H](C(=O)O)[C@@H](C)O)ncnc2s1. The summed E-state index contributed by atoms with van der Waals surface area (Å²) in [6.45, 7) is 3.47. The Hall–Kier alpha value is -1.73. The van der Waals surface area contributed by atoms with Crippen LogP contribution < -0.4 is 5.32 Å². The van der Waals surface area contributed by atoms with Crippen molar-refractivity contribution in [3.8, 4) is 0 Å². The molecule has 0 spiro atoms. The third-order valence-electron chi connectivity index (χ3n) is 2.77. The number of carboxylic acids is 1. The first kappa shape index (κ1) is 13.7. The molecule has 0 fully saturated rings. The molecule has 102 valence electrons. The van der Waals surface area contributed by atoms with Crippen LogP contribution in [0.5, 0.6) is 0 Å². The summed E-state index contributed by atoms with van der Waals surface area (Å²) in [6, 6.07) is 0.853. The molecule has 0 bridgehead atoms. The molecular weight excluding hydrogens is 266 g/mol. The van der Waals surface area contributed by atoms with Gasteiger partial charge < -0.3 is 15.5 Å². The Bertz CT molecular complexity index is 597. The van der Waals surface area contributed by atoms with Crippen molar-refractivity contribution in [1.82, 2.24) is 9.97 Å². The standard InChI is InChI=1S/C12H15N3O3S/c1-3-7-4-8-10(13-5-14-11(8)19-7)15-9(6(2)16)12(17)18/h4-6,9,16H,3H2,1-2H3,(H,17,18)(H,13,14,15)/t6-,9+/m1/s1. The van der Waals surface area contributed by atoms with E-state index in [2.05, 4.69) is 15.3 Å². The van der Waals surface area contributed by atoms with Crippen molar-refractivity contribution in [3.05, 3.63) is 17.3 Å². The minimum Gasteiger partial charge on any atom is -0.480 e. The summed E-state index contributed by atoms with van der Waals surface area (Å²) in [5.41, 5.74) is 0. The number of thiophene rings is 1. The average molecular weight is 281 g/mol. The van der Waals surface area contributed by atoms with Crippen molar-refractivity contribution in [2.45, 2.75) is 32.4 Å². The molecule has 2 aromatic rings. The van der Waals surface area contributed by atoms with Crippen LogP contribution in [0.15, 0.2) is 12.4 Å². The number of hydrogen-bond acceptors (Lipinski definition) is 6. The molecule has 2 heterocycles. The van der Waals surface area contributed by atoms with Crippen LogP contribution in [0, 0.1) is 0 Å². The summed E-state index contributed by atoms with van der Waals surface area (Å²) in [5.74, 6) is -0.679. The van der Waals surface area contributed by atoms with Gasteiger partial charge in [0.2, 0.25) is 0 Å². The van der Waals surface area contributed by atoms with Crippen LogP contribution in [0.1, 0.15) is 18.7 Å². The van der Waals surface area contributed by atoms with E-state index in [4.69, 9.17) is 5.11 Å². The quantitative estimate of drug-likeness (QED) is 0.768. The molecule has 2 rings (SSSR count). The minimum atomic E-state index is -1.12. The van der Waals surface area contributed by atoms with Gasteiger partial charge in [-0.25, -0.2) is 14.8 Å². The third kappa shape index (κ3) is 2.82. The van der Waals surface area contributed by atoms with Gasteiger partial charge in [-0.1, -0.05) is 6.92 Å². The molecule has 19 heavy (non-hydrogen) atoms. The van der Waals surface area contributed by atoms with Crippen LogP contribution in [0.25, 0.3) is 10.2 Å². The molecule has 7 heteroatoms. The molecule has 0 aromatic carbocycles. The number of aryl methyl sites for hydroxylation is 1. The summed E-state index contributed by atoms with van der Waals surface area (Å²) < 4.78 is 0. The van der Waals surface area contributed by atoms with E-state index < -0.39 is 18.1 Å². The first-order chi connectivity index (χ1) is 9.02. The fourth-order valence-electron chi connectivity index (χ4n) is 1.73. The van der Waals surface area contributed by atoms with E-state index in [0.29, 0.717) is 5.82 Å². The second-order valence-electron chi connectivity index (χ2n) is 4.21. The molecule has 0 radical (unpaired) electrons. The Labute approximate surface area is 114 Å². The zero-order chi connectivity index (χ0) is 14.0. The molecule has 6 nitrogen and oxygen atoms in total. The van der Waals surface area contributed by atoms with Crippen molar-refractivity contribution in [3.63, 3.8) is 0 Å². The van der Waals surface area contributed by atoms with Crippen LogP contribution in [-0.2, 0) is 11.2 Å². The number of aliphatic hydroxyl groups excluding tert-OH is 1. The number of nitrogens with one attached hydrogen (secondary N) is 1. The molecule has 0 amide bonds. The highest BCUT2D eigenvalue weighted by Gasteiger charge is 2.24. The van der Waals surface area contributed by atoms with Gasteiger partial charge in [0.25, 0.3) is 0 Å². The van der Waals surface area contributed by atoms with E-state index in [0.717, 1.165) is 21.5 Å². The van der Waals surface area contributed by atoms with Crippen LogP contribution in [-0.4, -0.2) is 38.3 Å². The lowest BCUT2D eigenvalue weighted by Crippen LogP contribution is -2.39. The Morgan fingerprint density at radius 3 is 2.84 bits per heavy atom. The normalized spacial score (nSPS) is 14.3. The van der Waals surface area contributed by atoms with Gasteiger partial charge in [-0.2, -0.15) is 0 Å². The van der Waals surface area contributed by atoms with Crippen molar-refractivity contribution in [2.24, 2.45) is 0 Å². The van der Waals surface area contributed by atoms with Gasteiger partial charge in [0, 0.05) is 4.88 Å². The van der Waals surface area contributed by atoms with Gasteiger partial charge in [-0.15, -0.1) is 11.3 Å². The smallest absolute Gasteiger partial charge is 0.328 e. The molecule has 0 aliphatic carbocycles. The summed E-state index contributed by atoms with van der Waals surface area (Å²) >= 11 is 1.55. The lowest BCUT2D eigenvalue weighted by atomic mass is 10.2. The van der Waals surface area contributed by atoms with E-state index in [-0.39, 0.29) is 0 Å². The highest BCUT2D eigenvalue weighted by molar-refractivity contribution is 7.18. The number of anilines is 1. The fourth-order valence-corrected chi connectivity index (χ4v) is 2.67. The largest absolute Gasteiger partial charge is 0.480 e. The van der Waals surface area contributed by atoms with Crippen LogP contribution >= 0.6 is 11.3 Å². The Morgan fingerprint density at radius 1 is 1.53 bits per heavy atom. The van der Waals surface area contributed by atoms with Gasteiger partial charge >= 0.3 is 5.97 Å². The monoisotopic (exact) mass is 281 g/mol. The minimum absolute atomic E-state index is 0.439. The molecule has 0 unspecified atom stereocenters. The maximum absolute atomic E-state index is 11.1. The first-order valence-electron chi connectivity index (χ1n) is 5.93. The molecule has 3 N–H and O–H groups in total. The van der Waals surface area contributed by atoms with Crippen molar-refractivity contribution in [1.29, 1.82) is 0 Å². The second-order valence-corrected chi connectivity index (χ2v) is 5.32. The van der Waals surface area contributed by atoms with E-state index in [1.807, 2.05) is 13.0 Å². The highest BCUT2D eigenvalue weighted by Crippen LogP contribution is 2.28. The fraction of sp³-hybridized carbons (Fsp3) is 0.417. The number of carboxylic acid groups (broad SMARTS) is 1. The maximum atomic E-state index is 11.1.